The number of carbonyl (C=O) groups is 3. The molecule has 3 N–H and O–H groups in total. The molecule has 6 heteroatoms. The minimum Gasteiger partial charge on any atom is -0.481 e. The maximum atomic E-state index is 10.6. The van der Waals surface area contributed by atoms with Crippen LogP contribution in [0.5, 0.6) is 0 Å². The van der Waals surface area contributed by atoms with Gasteiger partial charge in [0.25, 0.3) is 5.91 Å². The maximum absolute atomic E-state index is 10.6. The quantitative estimate of drug-likeness (QED) is 0.495. The fourth-order valence-corrected chi connectivity index (χ4v) is 0.725. The molecule has 1 unspecified atom stereocenters. The van der Waals surface area contributed by atoms with Crippen LogP contribution in [0, 0.1) is 12.3 Å². The number of carbonyl (C=O) groups excluding carboxylic acids is 1. The third-order valence-electron chi connectivity index (χ3n) is 1.38. The van der Waals surface area contributed by atoms with Crippen LogP contribution in [-0.2, 0) is 14.4 Å². The standard InChI is InChI=1S/C8H9NO5/c1-2-6(10)9-5(8(13)14)3-4-7(11)12/h1,5H,3-4H2,(H,9,10)(H,11,12)(H,13,14). The second kappa shape index (κ2) is 5.59. The zero-order valence-electron chi connectivity index (χ0n) is 7.19. The molecule has 0 aliphatic heterocycles. The van der Waals surface area contributed by atoms with Crippen LogP contribution >= 0.6 is 0 Å². The molecular weight excluding hydrogens is 190 g/mol. The number of hydrogen-bond donors (Lipinski definition) is 3. The summed E-state index contributed by atoms with van der Waals surface area (Å²) in [5, 5.41) is 18.8. The number of rotatable bonds is 5. The zero-order chi connectivity index (χ0) is 11.1. The van der Waals surface area contributed by atoms with E-state index in [4.69, 9.17) is 16.6 Å². The summed E-state index contributed by atoms with van der Waals surface area (Å²) in [6, 6.07) is -1.25. The molecule has 0 aliphatic carbocycles. The van der Waals surface area contributed by atoms with Gasteiger partial charge in [-0.15, -0.1) is 6.42 Å². The summed E-state index contributed by atoms with van der Waals surface area (Å²) in [7, 11) is 0. The van der Waals surface area contributed by atoms with E-state index in [1.807, 2.05) is 5.32 Å². The van der Waals surface area contributed by atoms with Gasteiger partial charge in [-0.25, -0.2) is 4.79 Å². The number of terminal acetylenes is 1. The van der Waals surface area contributed by atoms with E-state index >= 15 is 0 Å². The predicted octanol–water partition coefficient (Wildman–Crippen LogP) is -0.946. The van der Waals surface area contributed by atoms with Crippen molar-refractivity contribution in [2.24, 2.45) is 0 Å². The van der Waals surface area contributed by atoms with E-state index in [2.05, 4.69) is 0 Å². The van der Waals surface area contributed by atoms with Crippen molar-refractivity contribution in [3.8, 4) is 12.3 Å². The molecule has 0 radical (unpaired) electrons. The summed E-state index contributed by atoms with van der Waals surface area (Å²) in [5.74, 6) is -1.64. The largest absolute Gasteiger partial charge is 0.481 e. The molecule has 1 amide bonds. The Morgan fingerprint density at radius 3 is 2.29 bits per heavy atom. The van der Waals surface area contributed by atoms with E-state index in [1.165, 1.54) is 0 Å². The smallest absolute Gasteiger partial charge is 0.326 e. The SMILES string of the molecule is C#CC(=O)NC(CCC(=O)O)C(=O)O. The van der Waals surface area contributed by atoms with Gasteiger partial charge < -0.3 is 15.5 Å². The van der Waals surface area contributed by atoms with E-state index < -0.39 is 23.9 Å². The highest BCUT2D eigenvalue weighted by atomic mass is 16.4. The van der Waals surface area contributed by atoms with Gasteiger partial charge in [0.1, 0.15) is 6.04 Å². The van der Waals surface area contributed by atoms with Gasteiger partial charge in [0.2, 0.25) is 0 Å². The highest BCUT2D eigenvalue weighted by Crippen LogP contribution is 1.97. The van der Waals surface area contributed by atoms with Gasteiger partial charge in [0.05, 0.1) is 0 Å². The average molecular weight is 199 g/mol. The van der Waals surface area contributed by atoms with Crippen LogP contribution < -0.4 is 5.32 Å². The highest BCUT2D eigenvalue weighted by Gasteiger charge is 2.19. The Hall–Kier alpha value is -2.03. The minimum absolute atomic E-state index is 0.196. The van der Waals surface area contributed by atoms with Crippen molar-refractivity contribution >= 4 is 17.8 Å². The third kappa shape index (κ3) is 4.77. The molecule has 0 aliphatic rings. The molecule has 76 valence electrons. The van der Waals surface area contributed by atoms with E-state index in [-0.39, 0.29) is 12.8 Å². The summed E-state index contributed by atoms with van der Waals surface area (Å²) in [5.41, 5.74) is 0. The molecule has 0 heterocycles. The molecule has 0 aromatic heterocycles. The van der Waals surface area contributed by atoms with Crippen LogP contribution in [0.1, 0.15) is 12.8 Å². The van der Waals surface area contributed by atoms with Gasteiger partial charge in [0, 0.05) is 6.42 Å². The first-order valence-electron chi connectivity index (χ1n) is 3.69. The first kappa shape index (κ1) is 12.0. The second-order valence-electron chi connectivity index (χ2n) is 2.44. The highest BCUT2D eigenvalue weighted by molar-refractivity contribution is 5.95. The number of amides is 1. The van der Waals surface area contributed by atoms with Crippen LogP contribution in [0.2, 0.25) is 0 Å². The van der Waals surface area contributed by atoms with Crippen molar-refractivity contribution in [2.45, 2.75) is 18.9 Å². The lowest BCUT2D eigenvalue weighted by atomic mass is 10.1. The van der Waals surface area contributed by atoms with Gasteiger partial charge in [-0.05, 0) is 12.3 Å². The number of aliphatic carboxylic acids is 2. The summed E-state index contributed by atoms with van der Waals surface area (Å²) in [6.07, 6.45) is 4.16. The van der Waals surface area contributed by atoms with Crippen molar-refractivity contribution in [1.29, 1.82) is 0 Å². The van der Waals surface area contributed by atoms with Crippen LogP contribution in [0.3, 0.4) is 0 Å². The number of hydrogen-bond acceptors (Lipinski definition) is 3. The summed E-state index contributed by atoms with van der Waals surface area (Å²) < 4.78 is 0. The Morgan fingerprint density at radius 1 is 1.36 bits per heavy atom. The van der Waals surface area contributed by atoms with Crippen molar-refractivity contribution in [2.75, 3.05) is 0 Å². The summed E-state index contributed by atoms with van der Waals surface area (Å²) in [6.45, 7) is 0. The molecule has 0 bridgehead atoms. The molecule has 0 rings (SSSR count). The lowest BCUT2D eigenvalue weighted by Crippen LogP contribution is -2.40. The molecule has 14 heavy (non-hydrogen) atoms. The molecule has 0 saturated heterocycles. The van der Waals surface area contributed by atoms with Gasteiger partial charge in [-0.3, -0.25) is 9.59 Å². The Kier molecular flexibility index (Phi) is 4.78. The molecule has 0 spiro atoms. The van der Waals surface area contributed by atoms with Crippen LogP contribution in [-0.4, -0.2) is 34.1 Å². The van der Waals surface area contributed by atoms with Crippen LogP contribution in [0.25, 0.3) is 0 Å². The van der Waals surface area contributed by atoms with Crippen molar-refractivity contribution < 1.29 is 24.6 Å². The molecule has 0 fully saturated rings. The fourth-order valence-electron chi connectivity index (χ4n) is 0.725. The van der Waals surface area contributed by atoms with E-state index in [0.29, 0.717) is 0 Å². The van der Waals surface area contributed by atoms with Gasteiger partial charge in [-0.1, -0.05) is 0 Å². The maximum Gasteiger partial charge on any atom is 0.326 e. The first-order valence-corrected chi connectivity index (χ1v) is 3.69. The predicted molar refractivity (Wildman–Crippen MR) is 45.3 cm³/mol. The van der Waals surface area contributed by atoms with Gasteiger partial charge in [-0.2, -0.15) is 0 Å². The summed E-state index contributed by atoms with van der Waals surface area (Å²) >= 11 is 0. The zero-order valence-corrected chi connectivity index (χ0v) is 7.19. The normalized spacial score (nSPS) is 11.1. The van der Waals surface area contributed by atoms with Gasteiger partial charge >= 0.3 is 11.9 Å². The van der Waals surface area contributed by atoms with Gasteiger partial charge in [0.15, 0.2) is 0 Å². The van der Waals surface area contributed by atoms with E-state index in [0.717, 1.165) is 0 Å². The Bertz CT molecular complexity index is 291. The number of nitrogens with one attached hydrogen (secondary N) is 1. The molecule has 6 nitrogen and oxygen atoms in total. The molecule has 1 atom stereocenters. The Morgan fingerprint density at radius 2 is 1.93 bits per heavy atom. The summed E-state index contributed by atoms with van der Waals surface area (Å²) in [4.78, 5) is 31.2. The number of carboxylic acids is 2. The minimum atomic E-state index is -1.31. The van der Waals surface area contributed by atoms with Crippen LogP contribution in [0.15, 0.2) is 0 Å². The topological polar surface area (TPSA) is 104 Å². The van der Waals surface area contributed by atoms with Crippen molar-refractivity contribution in [3.05, 3.63) is 0 Å². The first-order chi connectivity index (χ1) is 6.47. The van der Waals surface area contributed by atoms with Crippen molar-refractivity contribution in [1.82, 2.24) is 5.32 Å². The second-order valence-corrected chi connectivity index (χ2v) is 2.44. The third-order valence-corrected chi connectivity index (χ3v) is 1.38. The Labute approximate surface area is 79.9 Å². The average Bonchev–Trinajstić information content (AvgIpc) is 2.10. The molecule has 0 aromatic carbocycles. The monoisotopic (exact) mass is 199 g/mol. The lowest BCUT2D eigenvalue weighted by molar-refractivity contribution is -0.142. The molecule has 0 aromatic rings. The lowest BCUT2D eigenvalue weighted by Gasteiger charge is -2.10. The molecular formula is C8H9NO5. The van der Waals surface area contributed by atoms with Crippen molar-refractivity contribution in [3.63, 3.8) is 0 Å². The fraction of sp³-hybridized carbons (Fsp3) is 0.375. The van der Waals surface area contributed by atoms with E-state index in [1.54, 1.807) is 5.92 Å². The van der Waals surface area contributed by atoms with Crippen LogP contribution in [0.4, 0.5) is 0 Å². The molecule has 0 saturated carbocycles. The van der Waals surface area contributed by atoms with E-state index in [9.17, 15) is 14.4 Å². The Balaban J connectivity index is 4.18. The number of carboxylic acid groups (broad SMARTS) is 2.